The molecule has 0 saturated heterocycles. The molecule has 1 atom stereocenters. The number of hydrogen-bond donors (Lipinski definition) is 0. The van der Waals surface area contributed by atoms with E-state index in [2.05, 4.69) is 212 Å². The molecule has 0 aliphatic heterocycles. The Morgan fingerprint density at radius 1 is 0.333 bits per heavy atom. The van der Waals surface area contributed by atoms with Crippen molar-refractivity contribution in [3.8, 4) is 33.4 Å². The van der Waals surface area contributed by atoms with Gasteiger partial charge in [0.05, 0.1) is 0 Å². The second-order valence-corrected chi connectivity index (χ2v) is 14.3. The van der Waals surface area contributed by atoms with E-state index in [9.17, 15) is 0 Å². The number of rotatable bonds is 6. The van der Waals surface area contributed by atoms with Crippen LogP contribution in [0.1, 0.15) is 29.0 Å². The van der Waals surface area contributed by atoms with Crippen LogP contribution in [0.3, 0.4) is 0 Å². The van der Waals surface area contributed by atoms with Gasteiger partial charge in [0.25, 0.3) is 0 Å². The van der Waals surface area contributed by atoms with Crippen molar-refractivity contribution in [2.75, 3.05) is 0 Å². The van der Waals surface area contributed by atoms with Crippen LogP contribution in [0.4, 0.5) is 0 Å². The first-order chi connectivity index (χ1) is 26.8. The van der Waals surface area contributed by atoms with E-state index >= 15 is 0 Å². The third-order valence-corrected chi connectivity index (χ3v) is 11.2. The van der Waals surface area contributed by atoms with Crippen molar-refractivity contribution in [1.82, 2.24) is 0 Å². The molecule has 0 nitrogen and oxygen atoms in total. The average Bonchev–Trinajstić information content (AvgIpc) is 3.26. The van der Waals surface area contributed by atoms with Crippen LogP contribution in [0.15, 0.2) is 212 Å². The van der Waals surface area contributed by atoms with Crippen molar-refractivity contribution in [3.05, 3.63) is 229 Å². The van der Waals surface area contributed by atoms with Crippen molar-refractivity contribution in [2.45, 2.75) is 12.3 Å². The molecule has 254 valence electrons. The molecule has 0 radical (unpaired) electrons. The van der Waals surface area contributed by atoms with Crippen LogP contribution in [0.5, 0.6) is 0 Å². The molecule has 9 aromatic carbocycles. The van der Waals surface area contributed by atoms with Crippen molar-refractivity contribution in [1.29, 1.82) is 0 Å². The van der Waals surface area contributed by atoms with Gasteiger partial charge >= 0.3 is 0 Å². The zero-order chi connectivity index (χ0) is 35.8. The summed E-state index contributed by atoms with van der Waals surface area (Å²) in [5, 5.41) is 7.57. The number of fused-ring (bicyclic) bond motifs is 3. The third kappa shape index (κ3) is 5.65. The van der Waals surface area contributed by atoms with Crippen LogP contribution in [0, 0.1) is 0 Å². The summed E-state index contributed by atoms with van der Waals surface area (Å²) < 4.78 is 0. The lowest BCUT2D eigenvalue weighted by molar-refractivity contribution is 0.860. The summed E-state index contributed by atoms with van der Waals surface area (Å²) in [4.78, 5) is 0. The Kier molecular flexibility index (Phi) is 8.08. The van der Waals surface area contributed by atoms with E-state index in [4.69, 9.17) is 0 Å². The molecule has 10 rings (SSSR count). The summed E-state index contributed by atoms with van der Waals surface area (Å²) in [7, 11) is 0. The smallest absolute Gasteiger partial charge is 0.00622 e. The minimum Gasteiger partial charge on any atom is -0.0751 e. The molecule has 54 heavy (non-hydrogen) atoms. The SMILES string of the molecule is C1=C(c2ccccc2)C(c2c3ccccc3c(-c3ccc(-c4ccccc4)cc3-c3ccccc3)c3cc4ccccc4cc23)=CC[C@H]1c1ccccc1. The number of allylic oxidation sites excluding steroid dienone is 4. The number of benzene rings is 9. The molecule has 0 N–H and O–H groups in total. The van der Waals surface area contributed by atoms with Gasteiger partial charge in [0, 0.05) is 5.92 Å². The van der Waals surface area contributed by atoms with Crippen LogP contribution in [0.2, 0.25) is 0 Å². The fraction of sp³-hybridized carbons (Fsp3) is 0.0370. The van der Waals surface area contributed by atoms with Crippen molar-refractivity contribution in [3.63, 3.8) is 0 Å². The summed E-state index contributed by atoms with van der Waals surface area (Å²) in [6.07, 6.45) is 5.98. The zero-order valence-corrected chi connectivity index (χ0v) is 30.0. The van der Waals surface area contributed by atoms with Gasteiger partial charge in [-0.05, 0) is 118 Å². The highest BCUT2D eigenvalue weighted by Gasteiger charge is 2.26. The van der Waals surface area contributed by atoms with Crippen molar-refractivity contribution < 1.29 is 0 Å². The molecule has 9 aromatic rings. The first-order valence-corrected chi connectivity index (χ1v) is 19.0. The van der Waals surface area contributed by atoms with Gasteiger partial charge in [-0.3, -0.25) is 0 Å². The minimum atomic E-state index is 0.305. The maximum absolute atomic E-state index is 2.52. The Hall–Kier alpha value is -6.76. The second-order valence-electron chi connectivity index (χ2n) is 14.3. The van der Waals surface area contributed by atoms with Gasteiger partial charge in [0.15, 0.2) is 0 Å². The van der Waals surface area contributed by atoms with Crippen LogP contribution in [-0.2, 0) is 0 Å². The lowest BCUT2D eigenvalue weighted by Crippen LogP contribution is -2.05. The van der Waals surface area contributed by atoms with Gasteiger partial charge < -0.3 is 0 Å². The van der Waals surface area contributed by atoms with E-state index in [0.717, 1.165) is 6.42 Å². The van der Waals surface area contributed by atoms with E-state index in [0.29, 0.717) is 5.92 Å². The van der Waals surface area contributed by atoms with E-state index < -0.39 is 0 Å². The third-order valence-electron chi connectivity index (χ3n) is 11.2. The molecule has 1 aliphatic rings. The maximum atomic E-state index is 2.52. The zero-order valence-electron chi connectivity index (χ0n) is 30.0. The summed E-state index contributed by atoms with van der Waals surface area (Å²) in [5.74, 6) is 0.305. The Morgan fingerprint density at radius 3 is 1.50 bits per heavy atom. The fourth-order valence-electron chi connectivity index (χ4n) is 8.63. The standard InChI is InChI=1S/C54H38/c1-5-17-37(18-6-1)43-29-31-47(49(33-43)39-21-9-3-10-22-39)53-45-27-15-16-28-46(45)54(52-36-42-26-14-13-25-41(42)35-51(52)53)48-32-30-44(38-19-7-2-8-20-38)34-50(48)40-23-11-4-12-24-40/h1-29,31-36,44H,30H2/t44-/m1/s1. The van der Waals surface area contributed by atoms with Gasteiger partial charge in [-0.25, -0.2) is 0 Å². The minimum absolute atomic E-state index is 0.305. The quantitative estimate of drug-likeness (QED) is 0.153. The lowest BCUT2D eigenvalue weighted by Gasteiger charge is -2.27. The summed E-state index contributed by atoms with van der Waals surface area (Å²) in [5.41, 5.74) is 13.9. The molecular weight excluding hydrogens is 649 g/mol. The molecule has 0 saturated carbocycles. The highest BCUT2D eigenvalue weighted by Crippen LogP contribution is 2.50. The van der Waals surface area contributed by atoms with Crippen molar-refractivity contribution in [2.24, 2.45) is 0 Å². The molecule has 0 unspecified atom stereocenters. The Bertz CT molecular complexity index is 2860. The molecule has 0 aromatic heterocycles. The van der Waals surface area contributed by atoms with E-state index in [1.165, 1.54) is 93.5 Å². The fourth-order valence-corrected chi connectivity index (χ4v) is 8.63. The average molecular weight is 687 g/mol. The number of hydrogen-bond acceptors (Lipinski definition) is 0. The lowest BCUT2D eigenvalue weighted by atomic mass is 9.77. The second kappa shape index (κ2) is 13.7. The van der Waals surface area contributed by atoms with Gasteiger partial charge in [-0.1, -0.05) is 194 Å². The van der Waals surface area contributed by atoms with Crippen LogP contribution < -0.4 is 0 Å². The van der Waals surface area contributed by atoms with E-state index in [1.54, 1.807) is 0 Å². The van der Waals surface area contributed by atoms with E-state index in [1.807, 2.05) is 0 Å². The van der Waals surface area contributed by atoms with Crippen LogP contribution >= 0.6 is 0 Å². The van der Waals surface area contributed by atoms with Crippen LogP contribution in [-0.4, -0.2) is 0 Å². The maximum Gasteiger partial charge on any atom is 0.00622 e. The Balaban J connectivity index is 1.29. The first-order valence-electron chi connectivity index (χ1n) is 19.0. The van der Waals surface area contributed by atoms with Crippen molar-refractivity contribution >= 4 is 43.5 Å². The molecule has 1 aliphatic carbocycles. The molecule has 0 heterocycles. The first kappa shape index (κ1) is 31.9. The summed E-state index contributed by atoms with van der Waals surface area (Å²) >= 11 is 0. The largest absolute Gasteiger partial charge is 0.0751 e. The normalized spacial score (nSPS) is 14.3. The topological polar surface area (TPSA) is 0 Å². The predicted molar refractivity (Wildman–Crippen MR) is 231 cm³/mol. The molecule has 0 spiro atoms. The molecule has 0 fully saturated rings. The van der Waals surface area contributed by atoms with Gasteiger partial charge in [-0.2, -0.15) is 0 Å². The Morgan fingerprint density at radius 2 is 0.852 bits per heavy atom. The highest BCUT2D eigenvalue weighted by atomic mass is 14.3. The highest BCUT2D eigenvalue weighted by molar-refractivity contribution is 6.26. The molecule has 0 bridgehead atoms. The van der Waals surface area contributed by atoms with E-state index in [-0.39, 0.29) is 0 Å². The van der Waals surface area contributed by atoms with Gasteiger partial charge in [-0.15, -0.1) is 0 Å². The summed E-state index contributed by atoms with van der Waals surface area (Å²) in [6, 6.07) is 73.4. The van der Waals surface area contributed by atoms with Crippen LogP contribution in [0.25, 0.3) is 76.8 Å². The summed E-state index contributed by atoms with van der Waals surface area (Å²) in [6.45, 7) is 0. The van der Waals surface area contributed by atoms with Gasteiger partial charge in [0.2, 0.25) is 0 Å². The van der Waals surface area contributed by atoms with Gasteiger partial charge in [0.1, 0.15) is 0 Å². The molecular formula is C54H38. The molecule has 0 heteroatoms. The monoisotopic (exact) mass is 686 g/mol. The molecule has 0 amide bonds. The predicted octanol–water partition coefficient (Wildman–Crippen LogP) is 14.8. The Labute approximate surface area is 317 Å².